The zero-order valence-corrected chi connectivity index (χ0v) is 10.7. The van der Waals surface area contributed by atoms with Crippen LogP contribution in [-0.4, -0.2) is 18.6 Å². The second-order valence-corrected chi connectivity index (χ2v) is 5.01. The lowest BCUT2D eigenvalue weighted by molar-refractivity contribution is -0.123. The van der Waals surface area contributed by atoms with E-state index in [1.165, 1.54) is 0 Å². The van der Waals surface area contributed by atoms with Crippen LogP contribution in [0, 0.1) is 5.92 Å². The van der Waals surface area contributed by atoms with E-state index in [0.717, 1.165) is 18.8 Å². The third-order valence-corrected chi connectivity index (χ3v) is 3.19. The van der Waals surface area contributed by atoms with Crippen molar-refractivity contribution in [3.63, 3.8) is 0 Å². The fourth-order valence-electron chi connectivity index (χ4n) is 2.19. The summed E-state index contributed by atoms with van der Waals surface area (Å²) in [6.45, 7) is 2.59. The van der Waals surface area contributed by atoms with Crippen LogP contribution in [0.5, 0.6) is 5.75 Å². The lowest BCUT2D eigenvalue weighted by Crippen LogP contribution is -2.43. The van der Waals surface area contributed by atoms with Crippen LogP contribution in [0.25, 0.3) is 0 Å². The number of nitrogens with one attached hydrogen (secondary N) is 1. The molecule has 18 heavy (non-hydrogen) atoms. The molecular formula is C14H20N2O2. The molecule has 1 fully saturated rings. The summed E-state index contributed by atoms with van der Waals surface area (Å²) in [5, 5.41) is 3.00. The minimum absolute atomic E-state index is 0.0656. The normalized spacial score (nSPS) is 22.1. The van der Waals surface area contributed by atoms with Gasteiger partial charge >= 0.3 is 0 Å². The summed E-state index contributed by atoms with van der Waals surface area (Å²) in [5.41, 5.74) is 6.30. The summed E-state index contributed by atoms with van der Waals surface area (Å²) < 4.78 is 5.47. The molecule has 1 aliphatic rings. The number of ether oxygens (including phenoxy) is 1. The van der Waals surface area contributed by atoms with E-state index in [1.807, 2.05) is 12.1 Å². The first-order valence-electron chi connectivity index (χ1n) is 6.41. The van der Waals surface area contributed by atoms with Crippen molar-refractivity contribution in [1.29, 1.82) is 0 Å². The quantitative estimate of drug-likeness (QED) is 0.783. The average Bonchev–Trinajstić information content (AvgIpc) is 2.27. The van der Waals surface area contributed by atoms with Gasteiger partial charge in [-0.15, -0.1) is 0 Å². The molecule has 2 rings (SSSR count). The molecule has 0 radical (unpaired) electrons. The first-order valence-corrected chi connectivity index (χ1v) is 6.41. The Balaban J connectivity index is 1.64. The number of nitrogen functional groups attached to an aromatic ring is 1. The number of carbonyl (C=O) groups excluding carboxylic acids is 1. The lowest BCUT2D eigenvalue weighted by atomic mass is 9.82. The fourth-order valence-corrected chi connectivity index (χ4v) is 2.19. The molecule has 98 valence electrons. The minimum Gasteiger partial charge on any atom is -0.493 e. The summed E-state index contributed by atoms with van der Waals surface area (Å²) in [6, 6.07) is 7.60. The van der Waals surface area contributed by atoms with Crippen LogP contribution in [0.4, 0.5) is 5.69 Å². The Labute approximate surface area is 108 Å². The molecule has 0 saturated heterocycles. The molecule has 1 aromatic carbocycles. The van der Waals surface area contributed by atoms with Gasteiger partial charge in [-0.1, -0.05) is 13.0 Å². The maximum atomic E-state index is 11.6. The summed E-state index contributed by atoms with van der Waals surface area (Å²) in [4.78, 5) is 11.6. The van der Waals surface area contributed by atoms with Gasteiger partial charge in [-0.25, -0.2) is 0 Å². The second-order valence-electron chi connectivity index (χ2n) is 5.01. The van der Waals surface area contributed by atoms with Crippen molar-refractivity contribution in [2.45, 2.75) is 32.2 Å². The molecule has 1 aromatic rings. The Kier molecular flexibility index (Phi) is 4.07. The molecule has 0 unspecified atom stereocenters. The molecule has 1 amide bonds. The van der Waals surface area contributed by atoms with Gasteiger partial charge in [-0.2, -0.15) is 0 Å². The van der Waals surface area contributed by atoms with Gasteiger partial charge in [0, 0.05) is 17.8 Å². The van der Waals surface area contributed by atoms with Crippen molar-refractivity contribution in [2.75, 3.05) is 12.3 Å². The van der Waals surface area contributed by atoms with Crippen LogP contribution in [0.1, 0.15) is 26.2 Å². The van der Waals surface area contributed by atoms with E-state index >= 15 is 0 Å². The number of amides is 1. The Morgan fingerprint density at radius 2 is 2.28 bits per heavy atom. The van der Waals surface area contributed by atoms with E-state index in [9.17, 15) is 4.79 Å². The number of anilines is 1. The highest BCUT2D eigenvalue weighted by atomic mass is 16.5. The van der Waals surface area contributed by atoms with E-state index in [-0.39, 0.29) is 5.91 Å². The lowest BCUT2D eigenvalue weighted by Gasteiger charge is -2.33. The highest BCUT2D eigenvalue weighted by Gasteiger charge is 2.26. The molecular weight excluding hydrogens is 228 g/mol. The number of nitrogens with two attached hydrogens (primary N) is 1. The zero-order chi connectivity index (χ0) is 13.0. The first-order chi connectivity index (χ1) is 8.63. The predicted octanol–water partition coefficient (Wildman–Crippen LogP) is 1.95. The summed E-state index contributed by atoms with van der Waals surface area (Å²) in [6.07, 6.45) is 2.59. The number of rotatable bonds is 5. The number of benzene rings is 1. The van der Waals surface area contributed by atoms with Gasteiger partial charge in [0.1, 0.15) is 5.75 Å². The number of hydrogen-bond donors (Lipinski definition) is 2. The molecule has 0 heterocycles. The second kappa shape index (κ2) is 5.76. The molecule has 0 bridgehead atoms. The Morgan fingerprint density at radius 1 is 1.50 bits per heavy atom. The summed E-state index contributed by atoms with van der Waals surface area (Å²) in [7, 11) is 0. The first kappa shape index (κ1) is 12.7. The Morgan fingerprint density at radius 3 is 2.94 bits per heavy atom. The van der Waals surface area contributed by atoms with Crippen LogP contribution in [-0.2, 0) is 4.79 Å². The molecule has 0 aliphatic heterocycles. The Hall–Kier alpha value is -1.71. The number of hydrogen-bond acceptors (Lipinski definition) is 3. The van der Waals surface area contributed by atoms with Crippen molar-refractivity contribution in [3.8, 4) is 5.75 Å². The van der Waals surface area contributed by atoms with Crippen LogP contribution in [0.2, 0.25) is 0 Å². The minimum atomic E-state index is 0.0656. The zero-order valence-electron chi connectivity index (χ0n) is 10.7. The monoisotopic (exact) mass is 248 g/mol. The van der Waals surface area contributed by atoms with Gasteiger partial charge in [-0.05, 0) is 30.9 Å². The van der Waals surface area contributed by atoms with Crippen molar-refractivity contribution in [1.82, 2.24) is 5.32 Å². The van der Waals surface area contributed by atoms with Crippen molar-refractivity contribution < 1.29 is 9.53 Å². The van der Waals surface area contributed by atoms with Crippen LogP contribution >= 0.6 is 0 Å². The van der Waals surface area contributed by atoms with Gasteiger partial charge in [0.15, 0.2) is 0 Å². The SMILES string of the molecule is CC1CC(NC(=O)CCOc2cccc(N)c2)C1. The number of carbonyl (C=O) groups is 1. The van der Waals surface area contributed by atoms with Gasteiger partial charge in [0.25, 0.3) is 0 Å². The summed E-state index contributed by atoms with van der Waals surface area (Å²) in [5.74, 6) is 1.52. The third kappa shape index (κ3) is 3.65. The van der Waals surface area contributed by atoms with Crippen LogP contribution in [0.15, 0.2) is 24.3 Å². The Bertz CT molecular complexity index is 414. The van der Waals surface area contributed by atoms with E-state index in [4.69, 9.17) is 10.5 Å². The van der Waals surface area contributed by atoms with Crippen LogP contribution < -0.4 is 15.8 Å². The highest BCUT2D eigenvalue weighted by molar-refractivity contribution is 5.76. The molecule has 1 saturated carbocycles. The molecule has 0 spiro atoms. The topological polar surface area (TPSA) is 64.3 Å². The van der Waals surface area contributed by atoms with Crippen molar-refractivity contribution in [2.24, 2.45) is 5.92 Å². The molecule has 4 heteroatoms. The van der Waals surface area contributed by atoms with E-state index in [1.54, 1.807) is 12.1 Å². The molecule has 4 nitrogen and oxygen atoms in total. The largest absolute Gasteiger partial charge is 0.493 e. The molecule has 3 N–H and O–H groups in total. The van der Waals surface area contributed by atoms with E-state index in [2.05, 4.69) is 12.2 Å². The maximum Gasteiger partial charge on any atom is 0.223 e. The predicted molar refractivity (Wildman–Crippen MR) is 71.3 cm³/mol. The van der Waals surface area contributed by atoms with Gasteiger partial charge in [-0.3, -0.25) is 4.79 Å². The maximum absolute atomic E-state index is 11.6. The van der Waals surface area contributed by atoms with E-state index < -0.39 is 0 Å². The molecule has 0 atom stereocenters. The van der Waals surface area contributed by atoms with Crippen molar-refractivity contribution >= 4 is 11.6 Å². The van der Waals surface area contributed by atoms with E-state index in [0.29, 0.717) is 30.5 Å². The van der Waals surface area contributed by atoms with Gasteiger partial charge in [0.05, 0.1) is 13.0 Å². The van der Waals surface area contributed by atoms with Crippen LogP contribution in [0.3, 0.4) is 0 Å². The summed E-state index contributed by atoms with van der Waals surface area (Å²) >= 11 is 0. The fraction of sp³-hybridized carbons (Fsp3) is 0.500. The molecule has 1 aliphatic carbocycles. The van der Waals surface area contributed by atoms with Gasteiger partial charge in [0.2, 0.25) is 5.91 Å². The van der Waals surface area contributed by atoms with Gasteiger partial charge < -0.3 is 15.8 Å². The third-order valence-electron chi connectivity index (χ3n) is 3.19. The highest BCUT2D eigenvalue weighted by Crippen LogP contribution is 2.26. The standard InChI is InChI=1S/C14H20N2O2/c1-10-7-12(8-10)16-14(17)5-6-18-13-4-2-3-11(15)9-13/h2-4,9-10,12H,5-8,15H2,1H3,(H,16,17). The van der Waals surface area contributed by atoms with Crippen molar-refractivity contribution in [3.05, 3.63) is 24.3 Å². The average molecular weight is 248 g/mol. The smallest absolute Gasteiger partial charge is 0.223 e. The molecule has 0 aromatic heterocycles.